The number of halogens is 2. The average Bonchev–Trinajstić information content (AvgIpc) is 2.60. The second-order valence-electron chi connectivity index (χ2n) is 5.54. The number of ether oxygens (including phenoxy) is 1. The van der Waals surface area contributed by atoms with Crippen molar-refractivity contribution in [1.29, 1.82) is 0 Å². The molecular weight excluding hydrogens is 367 g/mol. The third-order valence-corrected chi connectivity index (χ3v) is 3.90. The molecule has 25 heavy (non-hydrogen) atoms. The predicted octanol–water partition coefficient (Wildman–Crippen LogP) is 1.15. The van der Waals surface area contributed by atoms with E-state index >= 15 is 0 Å². The molecule has 2 rings (SSSR count). The van der Waals surface area contributed by atoms with Gasteiger partial charge in [-0.3, -0.25) is 14.6 Å². The van der Waals surface area contributed by atoms with Crippen LogP contribution in [-0.4, -0.2) is 49.1 Å². The van der Waals surface area contributed by atoms with Crippen molar-refractivity contribution in [1.82, 2.24) is 10.3 Å². The van der Waals surface area contributed by atoms with Gasteiger partial charge in [-0.15, -0.1) is 24.8 Å². The topological polar surface area (TPSA) is 97.5 Å². The summed E-state index contributed by atoms with van der Waals surface area (Å²) in [5.41, 5.74) is 6.61. The molecule has 0 aromatic carbocycles. The molecule has 1 atom stereocenters. The number of rotatable bonds is 6. The number of aromatic nitrogens is 1. The molecule has 1 fully saturated rings. The molecular formula is C16H26Cl2N4O3. The van der Waals surface area contributed by atoms with Gasteiger partial charge < -0.3 is 20.7 Å². The fourth-order valence-corrected chi connectivity index (χ4v) is 2.66. The van der Waals surface area contributed by atoms with Crippen molar-refractivity contribution in [3.63, 3.8) is 0 Å². The molecule has 0 bridgehead atoms. The number of pyridine rings is 1. The summed E-state index contributed by atoms with van der Waals surface area (Å²) in [5, 5.41) is 3.24. The Hall–Kier alpha value is -1.41. The normalized spacial score (nSPS) is 15.3. The molecule has 0 saturated carbocycles. The van der Waals surface area contributed by atoms with Crippen LogP contribution in [-0.2, 0) is 14.3 Å². The minimum Gasteiger partial charge on any atom is -0.465 e. The second-order valence-corrected chi connectivity index (χ2v) is 5.54. The van der Waals surface area contributed by atoms with Crippen molar-refractivity contribution in [2.75, 3.05) is 31.1 Å². The Balaban J connectivity index is 0.00000288. The highest BCUT2D eigenvalue weighted by Gasteiger charge is 2.29. The van der Waals surface area contributed by atoms with E-state index in [1.807, 2.05) is 0 Å². The summed E-state index contributed by atoms with van der Waals surface area (Å²) in [5.74, 6) is -0.555. The molecule has 142 valence electrons. The van der Waals surface area contributed by atoms with E-state index in [1.165, 1.54) is 0 Å². The summed E-state index contributed by atoms with van der Waals surface area (Å²) in [7, 11) is 0. The number of amides is 1. The number of nitrogens with zero attached hydrogens (tertiary/aromatic N) is 2. The number of piperidine rings is 1. The lowest BCUT2D eigenvalue weighted by molar-refractivity contribution is -0.144. The number of anilines is 1. The van der Waals surface area contributed by atoms with Crippen LogP contribution < -0.4 is 16.0 Å². The molecule has 1 saturated heterocycles. The van der Waals surface area contributed by atoms with Gasteiger partial charge in [0.25, 0.3) is 0 Å². The maximum absolute atomic E-state index is 12.9. The third-order valence-electron chi connectivity index (χ3n) is 3.90. The first-order valence-corrected chi connectivity index (χ1v) is 7.97. The van der Waals surface area contributed by atoms with E-state index in [2.05, 4.69) is 10.3 Å². The number of nitrogens with one attached hydrogen (secondary N) is 1. The van der Waals surface area contributed by atoms with Gasteiger partial charge in [0.15, 0.2) is 0 Å². The number of esters is 1. The quantitative estimate of drug-likeness (QED) is 0.704. The summed E-state index contributed by atoms with van der Waals surface area (Å²) in [6, 6.07) is 2.63. The molecule has 0 aliphatic carbocycles. The highest BCUT2D eigenvalue weighted by Crippen LogP contribution is 2.21. The van der Waals surface area contributed by atoms with E-state index in [-0.39, 0.29) is 49.8 Å². The maximum atomic E-state index is 12.9. The number of carbonyl (C=O) groups excluding carboxylic acids is 2. The van der Waals surface area contributed by atoms with E-state index in [4.69, 9.17) is 10.5 Å². The molecule has 1 aliphatic rings. The van der Waals surface area contributed by atoms with Gasteiger partial charge >= 0.3 is 5.97 Å². The van der Waals surface area contributed by atoms with Gasteiger partial charge in [0.1, 0.15) is 6.04 Å². The Bertz CT molecular complexity index is 527. The van der Waals surface area contributed by atoms with Crippen LogP contribution in [0.25, 0.3) is 0 Å². The van der Waals surface area contributed by atoms with Gasteiger partial charge in [-0.1, -0.05) is 0 Å². The largest absolute Gasteiger partial charge is 0.465 e. The fraction of sp³-hybridized carbons (Fsp3) is 0.562. The van der Waals surface area contributed by atoms with Gasteiger partial charge in [-0.05, 0) is 45.0 Å². The number of hydrogen-bond donors (Lipinski definition) is 2. The highest BCUT2D eigenvalue weighted by atomic mass is 35.5. The molecule has 0 spiro atoms. The van der Waals surface area contributed by atoms with Crippen LogP contribution in [0.4, 0.5) is 5.69 Å². The molecule has 1 amide bonds. The lowest BCUT2D eigenvalue weighted by atomic mass is 9.96. The first-order chi connectivity index (χ1) is 11.1. The Morgan fingerprint density at radius 2 is 1.92 bits per heavy atom. The number of nitrogens with two attached hydrogens (primary N) is 1. The van der Waals surface area contributed by atoms with E-state index in [9.17, 15) is 9.59 Å². The minimum absolute atomic E-state index is 0. The van der Waals surface area contributed by atoms with Crippen LogP contribution in [0.3, 0.4) is 0 Å². The van der Waals surface area contributed by atoms with Crippen LogP contribution in [0.1, 0.15) is 19.8 Å². The standard InChI is InChI=1S/C16H24N4O3.2ClH/c1-2-23-16(22)14(17)11-20(13-5-9-19-10-6-13)15(21)12-3-7-18-8-4-12;;/h5-6,9-10,12,14,18H,2-4,7-8,11,17H2,1H3;2*1H. The fourth-order valence-electron chi connectivity index (χ4n) is 2.66. The van der Waals surface area contributed by atoms with Crippen molar-refractivity contribution in [3.05, 3.63) is 24.5 Å². The summed E-state index contributed by atoms with van der Waals surface area (Å²) in [4.78, 5) is 30.2. The Labute approximate surface area is 160 Å². The third kappa shape index (κ3) is 6.78. The number of hydrogen-bond acceptors (Lipinski definition) is 6. The smallest absolute Gasteiger partial charge is 0.324 e. The summed E-state index contributed by atoms with van der Waals surface area (Å²) < 4.78 is 4.94. The lowest BCUT2D eigenvalue weighted by Gasteiger charge is -2.31. The SMILES string of the molecule is CCOC(=O)C(N)CN(C(=O)C1CCNCC1)c1ccncc1.Cl.Cl. The minimum atomic E-state index is -0.867. The number of carbonyl (C=O) groups is 2. The van der Waals surface area contributed by atoms with Gasteiger partial charge in [0.05, 0.1) is 13.2 Å². The van der Waals surface area contributed by atoms with E-state index in [0.717, 1.165) is 25.9 Å². The van der Waals surface area contributed by atoms with Crippen LogP contribution in [0.5, 0.6) is 0 Å². The van der Waals surface area contributed by atoms with Crippen molar-refractivity contribution in [3.8, 4) is 0 Å². The lowest BCUT2D eigenvalue weighted by Crippen LogP contribution is -2.49. The van der Waals surface area contributed by atoms with Crippen molar-refractivity contribution >= 4 is 42.4 Å². The van der Waals surface area contributed by atoms with Crippen LogP contribution >= 0.6 is 24.8 Å². The van der Waals surface area contributed by atoms with Crippen molar-refractivity contribution in [2.24, 2.45) is 11.7 Å². The molecule has 1 unspecified atom stereocenters. The molecule has 2 heterocycles. The Morgan fingerprint density at radius 1 is 1.32 bits per heavy atom. The van der Waals surface area contributed by atoms with Gasteiger partial charge in [0, 0.05) is 24.0 Å². The van der Waals surface area contributed by atoms with Crippen molar-refractivity contribution in [2.45, 2.75) is 25.8 Å². The highest BCUT2D eigenvalue weighted by molar-refractivity contribution is 5.96. The molecule has 1 aliphatic heterocycles. The molecule has 1 aromatic rings. The van der Waals surface area contributed by atoms with Gasteiger partial charge in [-0.2, -0.15) is 0 Å². The van der Waals surface area contributed by atoms with E-state index in [0.29, 0.717) is 5.69 Å². The summed E-state index contributed by atoms with van der Waals surface area (Å²) in [6.07, 6.45) is 4.81. The van der Waals surface area contributed by atoms with Gasteiger partial charge in [0.2, 0.25) is 5.91 Å². The van der Waals surface area contributed by atoms with Crippen LogP contribution in [0.15, 0.2) is 24.5 Å². The molecule has 3 N–H and O–H groups in total. The summed E-state index contributed by atoms with van der Waals surface area (Å²) in [6.45, 7) is 3.75. The van der Waals surface area contributed by atoms with Crippen molar-refractivity contribution < 1.29 is 14.3 Å². The maximum Gasteiger partial charge on any atom is 0.324 e. The average molecular weight is 393 g/mol. The van der Waals surface area contributed by atoms with Gasteiger partial charge in [-0.25, -0.2) is 0 Å². The first-order valence-electron chi connectivity index (χ1n) is 7.97. The predicted molar refractivity (Wildman–Crippen MR) is 101 cm³/mol. The molecule has 9 heteroatoms. The first kappa shape index (κ1) is 23.6. The Morgan fingerprint density at radius 3 is 2.48 bits per heavy atom. The van der Waals surface area contributed by atoms with E-state index < -0.39 is 12.0 Å². The summed E-state index contributed by atoms with van der Waals surface area (Å²) >= 11 is 0. The Kier molecular flexibility index (Phi) is 11.3. The molecule has 1 aromatic heterocycles. The molecule has 7 nitrogen and oxygen atoms in total. The monoisotopic (exact) mass is 392 g/mol. The van der Waals surface area contributed by atoms with Crippen LogP contribution in [0.2, 0.25) is 0 Å². The van der Waals surface area contributed by atoms with E-state index in [1.54, 1.807) is 36.4 Å². The second kappa shape index (κ2) is 12.0. The zero-order valence-electron chi connectivity index (χ0n) is 14.2. The zero-order chi connectivity index (χ0) is 16.7. The molecule has 0 radical (unpaired) electrons. The van der Waals surface area contributed by atoms with Crippen LogP contribution in [0, 0.1) is 5.92 Å². The zero-order valence-corrected chi connectivity index (χ0v) is 15.9.